The summed E-state index contributed by atoms with van der Waals surface area (Å²) >= 11 is 4.43. The number of carboxylic acids is 1. The Morgan fingerprint density at radius 3 is 2.64 bits per heavy atom. The second-order valence-corrected chi connectivity index (χ2v) is 4.22. The maximum Gasteiger partial charge on any atom is 0.355 e. The molecule has 1 heterocycles. The lowest BCUT2D eigenvalue weighted by Gasteiger charge is -2.07. The average Bonchev–Trinajstić information content (AvgIpc) is 2.02. The van der Waals surface area contributed by atoms with Gasteiger partial charge in [0.05, 0.1) is 3.57 Å². The number of nitrogens with zero attached hydrogens (tertiary/aromatic N) is 1. The zero-order valence-corrected chi connectivity index (χ0v) is 10.2. The van der Waals surface area contributed by atoms with E-state index in [1.807, 2.05) is 0 Å². The molecule has 1 N–H and O–H groups in total. The monoisotopic (exact) mass is 377 g/mol. The molecule has 0 aromatic carbocycles. The van der Waals surface area contributed by atoms with Crippen molar-refractivity contribution in [2.45, 2.75) is 6.43 Å². The Bertz CT molecular complexity index is 386. The molecule has 7 heteroatoms. The van der Waals surface area contributed by atoms with Crippen molar-refractivity contribution >= 4 is 44.5 Å². The van der Waals surface area contributed by atoms with Crippen molar-refractivity contribution in [3.05, 3.63) is 25.5 Å². The van der Waals surface area contributed by atoms with Crippen LogP contribution in [0.1, 0.15) is 22.5 Å². The van der Waals surface area contributed by atoms with Gasteiger partial charge in [0.25, 0.3) is 6.43 Å². The fraction of sp³-hybridized carbons (Fsp3) is 0.143. The Morgan fingerprint density at radius 1 is 1.64 bits per heavy atom. The van der Waals surface area contributed by atoms with Gasteiger partial charge in [0.2, 0.25) is 0 Å². The first-order chi connectivity index (χ1) is 6.45. The summed E-state index contributed by atoms with van der Waals surface area (Å²) in [6, 6.07) is 0. The van der Waals surface area contributed by atoms with Gasteiger partial charge in [-0.3, -0.25) is 0 Å². The van der Waals surface area contributed by atoms with Crippen LogP contribution in [0.25, 0.3) is 0 Å². The Morgan fingerprint density at radius 2 is 2.21 bits per heavy atom. The van der Waals surface area contributed by atoms with Crippen LogP contribution in [0, 0.1) is 3.57 Å². The SMILES string of the molecule is O=C(O)c1ncc(Br)c(C(F)F)c1I. The van der Waals surface area contributed by atoms with Crippen molar-refractivity contribution in [1.29, 1.82) is 0 Å². The van der Waals surface area contributed by atoms with Gasteiger partial charge in [-0.1, -0.05) is 0 Å². The maximum atomic E-state index is 12.5. The highest BCUT2D eigenvalue weighted by Crippen LogP contribution is 2.32. The van der Waals surface area contributed by atoms with E-state index in [-0.39, 0.29) is 19.3 Å². The normalized spacial score (nSPS) is 10.6. The maximum absolute atomic E-state index is 12.5. The Labute approximate surface area is 99.8 Å². The largest absolute Gasteiger partial charge is 0.476 e. The van der Waals surface area contributed by atoms with E-state index in [2.05, 4.69) is 20.9 Å². The van der Waals surface area contributed by atoms with Crippen molar-refractivity contribution in [2.75, 3.05) is 0 Å². The molecule has 0 atom stereocenters. The summed E-state index contributed by atoms with van der Waals surface area (Å²) < 4.78 is 25.0. The minimum absolute atomic E-state index is 0.0422. The van der Waals surface area contributed by atoms with E-state index in [4.69, 9.17) is 5.11 Å². The van der Waals surface area contributed by atoms with Crippen LogP contribution in [-0.2, 0) is 0 Å². The van der Waals surface area contributed by atoms with Gasteiger partial charge in [-0.25, -0.2) is 18.6 Å². The van der Waals surface area contributed by atoms with E-state index in [0.29, 0.717) is 0 Å². The van der Waals surface area contributed by atoms with Crippen LogP contribution >= 0.6 is 38.5 Å². The summed E-state index contributed by atoms with van der Waals surface area (Å²) in [5.74, 6) is -1.32. The molecule has 1 rings (SSSR count). The molecule has 0 aliphatic rings. The molecule has 0 saturated carbocycles. The first-order valence-corrected chi connectivity index (χ1v) is 5.17. The molecule has 76 valence electrons. The highest BCUT2D eigenvalue weighted by atomic mass is 127. The van der Waals surface area contributed by atoms with Gasteiger partial charge < -0.3 is 5.11 Å². The second kappa shape index (κ2) is 4.47. The van der Waals surface area contributed by atoms with Crippen molar-refractivity contribution in [2.24, 2.45) is 0 Å². The third-order valence-electron chi connectivity index (χ3n) is 1.43. The van der Waals surface area contributed by atoms with Crippen LogP contribution in [0.4, 0.5) is 8.78 Å². The van der Waals surface area contributed by atoms with Gasteiger partial charge in [-0.2, -0.15) is 0 Å². The van der Waals surface area contributed by atoms with E-state index in [1.165, 1.54) is 0 Å². The minimum Gasteiger partial charge on any atom is -0.476 e. The van der Waals surface area contributed by atoms with Crippen LogP contribution in [-0.4, -0.2) is 16.1 Å². The predicted octanol–water partition coefficient (Wildman–Crippen LogP) is 3.08. The number of hydrogen-bond acceptors (Lipinski definition) is 2. The molecule has 0 spiro atoms. The van der Waals surface area contributed by atoms with Crippen molar-refractivity contribution in [1.82, 2.24) is 4.98 Å². The van der Waals surface area contributed by atoms with Crippen molar-refractivity contribution in [3.8, 4) is 0 Å². The smallest absolute Gasteiger partial charge is 0.355 e. The molecule has 3 nitrogen and oxygen atoms in total. The van der Waals surface area contributed by atoms with E-state index < -0.39 is 12.4 Å². The Balaban J connectivity index is 3.41. The lowest BCUT2D eigenvalue weighted by atomic mass is 10.2. The summed E-state index contributed by atoms with van der Waals surface area (Å²) in [6.07, 6.45) is -1.66. The molecule has 14 heavy (non-hydrogen) atoms. The first-order valence-electron chi connectivity index (χ1n) is 3.30. The molecule has 0 bridgehead atoms. The number of alkyl halides is 2. The topological polar surface area (TPSA) is 50.2 Å². The summed E-state index contributed by atoms with van der Waals surface area (Å²) in [5, 5.41) is 8.64. The molecular formula is C7H3BrF2INO2. The lowest BCUT2D eigenvalue weighted by Crippen LogP contribution is -2.07. The van der Waals surface area contributed by atoms with Crippen LogP contribution in [0.15, 0.2) is 10.7 Å². The van der Waals surface area contributed by atoms with Crippen LogP contribution in [0.3, 0.4) is 0 Å². The summed E-state index contributed by atoms with van der Waals surface area (Å²) in [7, 11) is 0. The zero-order valence-electron chi connectivity index (χ0n) is 6.47. The molecule has 1 aromatic rings. The van der Waals surface area contributed by atoms with Gasteiger partial charge in [-0.15, -0.1) is 0 Å². The lowest BCUT2D eigenvalue weighted by molar-refractivity contribution is 0.0688. The average molecular weight is 378 g/mol. The summed E-state index contributed by atoms with van der Waals surface area (Å²) in [6.45, 7) is 0. The van der Waals surface area contributed by atoms with Gasteiger partial charge in [0.15, 0.2) is 5.69 Å². The fourth-order valence-corrected chi connectivity index (χ4v) is 2.57. The molecule has 0 fully saturated rings. The van der Waals surface area contributed by atoms with Crippen LogP contribution in [0.2, 0.25) is 0 Å². The van der Waals surface area contributed by atoms with Crippen molar-refractivity contribution < 1.29 is 18.7 Å². The molecular weight excluding hydrogens is 375 g/mol. The second-order valence-electron chi connectivity index (χ2n) is 2.29. The number of hydrogen-bond donors (Lipinski definition) is 1. The van der Waals surface area contributed by atoms with E-state index in [0.717, 1.165) is 6.20 Å². The third-order valence-corrected chi connectivity index (χ3v) is 3.15. The minimum atomic E-state index is -2.72. The summed E-state index contributed by atoms with van der Waals surface area (Å²) in [5.41, 5.74) is -0.692. The zero-order chi connectivity index (χ0) is 10.9. The number of pyridine rings is 1. The number of halogens is 4. The first kappa shape index (κ1) is 11.8. The van der Waals surface area contributed by atoms with Gasteiger partial charge in [0, 0.05) is 16.2 Å². The number of carbonyl (C=O) groups is 1. The molecule has 0 saturated heterocycles. The quantitative estimate of drug-likeness (QED) is 0.806. The molecule has 0 amide bonds. The summed E-state index contributed by atoms with van der Waals surface area (Å²) in [4.78, 5) is 14.1. The van der Waals surface area contributed by atoms with Crippen molar-refractivity contribution in [3.63, 3.8) is 0 Å². The molecule has 1 aromatic heterocycles. The molecule has 0 radical (unpaired) electrons. The number of aromatic nitrogens is 1. The Kier molecular flexibility index (Phi) is 3.76. The molecule has 0 unspecified atom stereocenters. The number of rotatable bonds is 2. The molecule has 0 aliphatic heterocycles. The van der Waals surface area contributed by atoms with Crippen LogP contribution < -0.4 is 0 Å². The van der Waals surface area contributed by atoms with Crippen LogP contribution in [0.5, 0.6) is 0 Å². The highest BCUT2D eigenvalue weighted by Gasteiger charge is 2.22. The molecule has 0 aliphatic carbocycles. The van der Waals surface area contributed by atoms with Gasteiger partial charge >= 0.3 is 5.97 Å². The predicted molar refractivity (Wildman–Crippen MR) is 56.6 cm³/mol. The van der Waals surface area contributed by atoms with E-state index >= 15 is 0 Å². The highest BCUT2D eigenvalue weighted by molar-refractivity contribution is 14.1. The van der Waals surface area contributed by atoms with Gasteiger partial charge in [-0.05, 0) is 38.5 Å². The van der Waals surface area contributed by atoms with Gasteiger partial charge in [0.1, 0.15) is 0 Å². The van der Waals surface area contributed by atoms with E-state index in [1.54, 1.807) is 22.6 Å². The Hall–Kier alpha value is -0.310. The van der Waals surface area contributed by atoms with E-state index in [9.17, 15) is 13.6 Å². The standard InChI is InChI=1S/C7H3BrF2INO2/c8-2-1-12-5(7(13)14)4(11)3(2)6(9)10/h1,6H,(H,13,14). The third kappa shape index (κ3) is 2.19. The number of aromatic carboxylic acids is 1. The number of carboxylic acid groups (broad SMARTS) is 1. The fourth-order valence-electron chi connectivity index (χ4n) is 0.829.